The predicted molar refractivity (Wildman–Crippen MR) is 82.8 cm³/mol. The van der Waals surface area contributed by atoms with Gasteiger partial charge in [-0.05, 0) is 25.2 Å². The molecular weight excluding hydrogens is 266 g/mol. The van der Waals surface area contributed by atoms with Crippen molar-refractivity contribution in [3.63, 3.8) is 0 Å². The van der Waals surface area contributed by atoms with Gasteiger partial charge in [0.1, 0.15) is 0 Å². The van der Waals surface area contributed by atoms with E-state index in [4.69, 9.17) is 0 Å². The molecule has 0 spiro atoms. The summed E-state index contributed by atoms with van der Waals surface area (Å²) in [4.78, 5) is 16.1. The van der Waals surface area contributed by atoms with Gasteiger partial charge in [0.15, 0.2) is 0 Å². The highest BCUT2D eigenvalue weighted by Crippen LogP contribution is 2.20. The topological polar surface area (TPSA) is 48.7 Å². The van der Waals surface area contributed by atoms with Gasteiger partial charge in [0, 0.05) is 56.4 Å². The van der Waals surface area contributed by atoms with Gasteiger partial charge in [0.2, 0.25) is 0 Å². The van der Waals surface area contributed by atoms with Crippen LogP contribution in [0.15, 0.2) is 30.5 Å². The molecule has 2 heterocycles. The normalized spacial score (nSPS) is 17.4. The average molecular weight is 287 g/mol. The number of carbonyl (C=O) groups is 1. The molecule has 1 aliphatic rings. The summed E-state index contributed by atoms with van der Waals surface area (Å²) in [5.74, 6) is -0.864. The van der Waals surface area contributed by atoms with Crippen molar-refractivity contribution in [2.24, 2.45) is 0 Å². The lowest BCUT2D eigenvalue weighted by molar-refractivity contribution is 0.0699. The molecule has 1 aliphatic heterocycles. The number of carboxylic acid groups (broad SMARTS) is 1. The van der Waals surface area contributed by atoms with Crippen molar-refractivity contribution >= 4 is 16.9 Å². The zero-order valence-electron chi connectivity index (χ0n) is 12.3. The fraction of sp³-hybridized carbons (Fsp3) is 0.438. The highest BCUT2D eigenvalue weighted by Gasteiger charge is 2.14. The second-order valence-electron chi connectivity index (χ2n) is 5.70. The van der Waals surface area contributed by atoms with Gasteiger partial charge < -0.3 is 14.6 Å². The van der Waals surface area contributed by atoms with E-state index in [1.807, 2.05) is 24.4 Å². The Balaban J connectivity index is 1.73. The number of carboxylic acids is 1. The zero-order valence-corrected chi connectivity index (χ0v) is 12.3. The van der Waals surface area contributed by atoms with E-state index in [0.717, 1.165) is 50.2 Å². The Labute approximate surface area is 124 Å². The van der Waals surface area contributed by atoms with Gasteiger partial charge >= 0.3 is 5.97 Å². The van der Waals surface area contributed by atoms with Crippen LogP contribution in [0.1, 0.15) is 10.4 Å². The summed E-state index contributed by atoms with van der Waals surface area (Å²) in [5, 5.41) is 10.1. The minimum atomic E-state index is -0.864. The predicted octanol–water partition coefficient (Wildman–Crippen LogP) is 1.59. The molecule has 1 N–H and O–H groups in total. The Bertz CT molecular complexity index is 642. The van der Waals surface area contributed by atoms with Crippen LogP contribution < -0.4 is 0 Å². The number of aromatic nitrogens is 1. The summed E-state index contributed by atoms with van der Waals surface area (Å²) < 4.78 is 2.15. The molecular formula is C16H21N3O2. The maximum atomic E-state index is 11.2. The third kappa shape index (κ3) is 2.94. The third-order valence-electron chi connectivity index (χ3n) is 4.30. The number of hydrogen-bond acceptors (Lipinski definition) is 3. The molecule has 0 bridgehead atoms. The molecule has 5 heteroatoms. The van der Waals surface area contributed by atoms with Crippen molar-refractivity contribution in [2.45, 2.75) is 6.54 Å². The smallest absolute Gasteiger partial charge is 0.336 e. The Morgan fingerprint density at radius 1 is 1.14 bits per heavy atom. The van der Waals surface area contributed by atoms with Crippen molar-refractivity contribution in [2.75, 3.05) is 39.8 Å². The molecule has 3 rings (SSSR count). The second-order valence-corrected chi connectivity index (χ2v) is 5.70. The molecule has 5 nitrogen and oxygen atoms in total. The number of aromatic carboxylic acids is 1. The number of fused-ring (bicyclic) bond motifs is 1. The summed E-state index contributed by atoms with van der Waals surface area (Å²) in [5.41, 5.74) is 1.38. The number of likely N-dealkylation sites (N-methyl/N-ethyl adjacent to an activating group) is 1. The van der Waals surface area contributed by atoms with Crippen LogP contribution in [0.4, 0.5) is 0 Å². The van der Waals surface area contributed by atoms with Crippen molar-refractivity contribution < 1.29 is 9.90 Å². The molecule has 0 atom stereocenters. The van der Waals surface area contributed by atoms with Crippen LogP contribution in [0.5, 0.6) is 0 Å². The molecule has 1 aromatic heterocycles. The fourth-order valence-electron chi connectivity index (χ4n) is 2.93. The first kappa shape index (κ1) is 14.1. The summed E-state index contributed by atoms with van der Waals surface area (Å²) in [6, 6.07) is 7.38. The number of benzene rings is 1. The van der Waals surface area contributed by atoms with E-state index in [1.54, 1.807) is 6.07 Å². The SMILES string of the molecule is CN1CCN(CCn2ccc3c(C(=O)O)cccc32)CC1. The summed E-state index contributed by atoms with van der Waals surface area (Å²) in [6.45, 7) is 6.36. The van der Waals surface area contributed by atoms with Crippen molar-refractivity contribution in [1.29, 1.82) is 0 Å². The summed E-state index contributed by atoms with van der Waals surface area (Å²) in [7, 11) is 2.16. The maximum Gasteiger partial charge on any atom is 0.336 e. The first-order chi connectivity index (χ1) is 10.1. The van der Waals surface area contributed by atoms with E-state index in [1.165, 1.54) is 0 Å². The molecule has 0 saturated carbocycles. The minimum absolute atomic E-state index is 0.380. The highest BCUT2D eigenvalue weighted by atomic mass is 16.4. The fourth-order valence-corrected chi connectivity index (χ4v) is 2.93. The van der Waals surface area contributed by atoms with Crippen LogP contribution in [0, 0.1) is 0 Å². The molecule has 1 aromatic carbocycles. The number of piperazine rings is 1. The van der Waals surface area contributed by atoms with Crippen LogP contribution in [-0.2, 0) is 6.54 Å². The van der Waals surface area contributed by atoms with Gasteiger partial charge in [-0.25, -0.2) is 4.79 Å². The summed E-state index contributed by atoms with van der Waals surface area (Å²) in [6.07, 6.45) is 1.99. The molecule has 0 amide bonds. The first-order valence-electron chi connectivity index (χ1n) is 7.37. The third-order valence-corrected chi connectivity index (χ3v) is 4.30. The van der Waals surface area contributed by atoms with Crippen LogP contribution in [-0.4, -0.2) is 65.2 Å². The molecule has 1 fully saturated rings. The molecule has 2 aromatic rings. The van der Waals surface area contributed by atoms with Gasteiger partial charge in [-0.15, -0.1) is 0 Å². The quantitative estimate of drug-likeness (QED) is 0.927. The highest BCUT2D eigenvalue weighted by molar-refractivity contribution is 6.02. The van der Waals surface area contributed by atoms with Gasteiger partial charge in [-0.3, -0.25) is 4.90 Å². The zero-order chi connectivity index (χ0) is 14.8. The Morgan fingerprint density at radius 2 is 1.90 bits per heavy atom. The number of hydrogen-bond donors (Lipinski definition) is 1. The summed E-state index contributed by atoms with van der Waals surface area (Å²) >= 11 is 0. The van der Waals surface area contributed by atoms with E-state index in [-0.39, 0.29) is 0 Å². The van der Waals surface area contributed by atoms with Crippen molar-refractivity contribution in [3.05, 3.63) is 36.0 Å². The van der Waals surface area contributed by atoms with E-state index in [0.29, 0.717) is 5.56 Å². The van der Waals surface area contributed by atoms with E-state index in [2.05, 4.69) is 21.4 Å². The van der Waals surface area contributed by atoms with Gasteiger partial charge in [0.25, 0.3) is 0 Å². The maximum absolute atomic E-state index is 11.2. The number of nitrogens with zero attached hydrogens (tertiary/aromatic N) is 3. The van der Waals surface area contributed by atoms with Gasteiger partial charge in [-0.1, -0.05) is 6.07 Å². The van der Waals surface area contributed by atoms with Crippen molar-refractivity contribution in [1.82, 2.24) is 14.4 Å². The van der Waals surface area contributed by atoms with Crippen LogP contribution >= 0.6 is 0 Å². The van der Waals surface area contributed by atoms with E-state index >= 15 is 0 Å². The first-order valence-corrected chi connectivity index (χ1v) is 7.37. The van der Waals surface area contributed by atoms with Gasteiger partial charge in [0.05, 0.1) is 5.56 Å². The standard InChI is InChI=1S/C16H21N3O2/c1-17-7-9-18(10-8-17)11-12-19-6-5-13-14(16(20)21)3-2-4-15(13)19/h2-6H,7-12H2,1H3,(H,20,21). The minimum Gasteiger partial charge on any atom is -0.478 e. The molecule has 0 radical (unpaired) electrons. The lowest BCUT2D eigenvalue weighted by atomic mass is 10.1. The average Bonchev–Trinajstić information content (AvgIpc) is 2.89. The lowest BCUT2D eigenvalue weighted by Gasteiger charge is -2.32. The molecule has 1 saturated heterocycles. The monoisotopic (exact) mass is 287 g/mol. The second kappa shape index (κ2) is 5.87. The molecule has 0 unspecified atom stereocenters. The van der Waals surface area contributed by atoms with Crippen LogP contribution in [0.3, 0.4) is 0 Å². The lowest BCUT2D eigenvalue weighted by Crippen LogP contribution is -2.45. The molecule has 112 valence electrons. The Hall–Kier alpha value is -1.85. The largest absolute Gasteiger partial charge is 0.478 e. The molecule has 21 heavy (non-hydrogen) atoms. The Morgan fingerprint density at radius 3 is 2.62 bits per heavy atom. The van der Waals surface area contributed by atoms with Gasteiger partial charge in [-0.2, -0.15) is 0 Å². The van der Waals surface area contributed by atoms with E-state index in [9.17, 15) is 9.90 Å². The Kier molecular flexibility index (Phi) is 3.94. The van der Waals surface area contributed by atoms with Crippen molar-refractivity contribution in [3.8, 4) is 0 Å². The van der Waals surface area contributed by atoms with Crippen LogP contribution in [0.2, 0.25) is 0 Å². The molecule has 0 aliphatic carbocycles. The number of rotatable bonds is 4. The van der Waals surface area contributed by atoms with E-state index < -0.39 is 5.97 Å². The van der Waals surface area contributed by atoms with Crippen LogP contribution in [0.25, 0.3) is 10.9 Å².